The van der Waals surface area contributed by atoms with Gasteiger partial charge in [-0.15, -0.1) is 11.3 Å². The summed E-state index contributed by atoms with van der Waals surface area (Å²) in [6, 6.07) is 1.86. The number of allylic oxidation sites excluding steroid dienone is 3. The number of hydrogen-bond donors (Lipinski definition) is 1. The summed E-state index contributed by atoms with van der Waals surface area (Å²) in [5.41, 5.74) is 8.37. The van der Waals surface area contributed by atoms with Crippen molar-refractivity contribution in [2.24, 2.45) is 5.73 Å². The number of ether oxygens (including phenoxy) is 1. The van der Waals surface area contributed by atoms with Gasteiger partial charge in [0.05, 0.1) is 23.7 Å². The Kier molecular flexibility index (Phi) is 5.05. The highest BCUT2D eigenvalue weighted by molar-refractivity contribution is 7.19. The lowest BCUT2D eigenvalue weighted by atomic mass is 10.1. The summed E-state index contributed by atoms with van der Waals surface area (Å²) in [5, 5.41) is 0.818. The van der Waals surface area contributed by atoms with Crippen molar-refractivity contribution in [2.45, 2.75) is 19.8 Å². The Labute approximate surface area is 127 Å². The number of pyridine rings is 1. The summed E-state index contributed by atoms with van der Waals surface area (Å²) in [6.45, 7) is 1.98. The fraction of sp³-hybridized carbons (Fsp3) is 0.267. The molecule has 110 valence electrons. The van der Waals surface area contributed by atoms with Crippen LogP contribution >= 0.6 is 11.3 Å². The van der Waals surface area contributed by atoms with Crippen LogP contribution in [-0.2, 0) is 9.53 Å². The highest BCUT2D eigenvalue weighted by atomic mass is 32.1. The lowest BCUT2D eigenvalue weighted by Gasteiger charge is -2.01. The van der Waals surface area contributed by atoms with Crippen molar-refractivity contribution < 1.29 is 9.53 Å². The topological polar surface area (TPSA) is 78.1 Å². The van der Waals surface area contributed by atoms with Crippen molar-refractivity contribution in [3.8, 4) is 0 Å². The van der Waals surface area contributed by atoms with E-state index < -0.39 is 0 Å². The van der Waals surface area contributed by atoms with Gasteiger partial charge in [-0.2, -0.15) is 0 Å². The van der Waals surface area contributed by atoms with Crippen LogP contribution in [-0.4, -0.2) is 23.0 Å². The first-order chi connectivity index (χ1) is 10.1. The molecule has 0 saturated carbocycles. The van der Waals surface area contributed by atoms with Gasteiger partial charge in [-0.05, 0) is 18.6 Å². The number of rotatable bonds is 5. The molecule has 2 N–H and O–H groups in total. The summed E-state index contributed by atoms with van der Waals surface area (Å²) in [6.07, 6.45) is 8.06. The van der Waals surface area contributed by atoms with Crippen LogP contribution in [0, 0.1) is 0 Å². The van der Waals surface area contributed by atoms with Crippen LogP contribution in [0.4, 0.5) is 0 Å². The van der Waals surface area contributed by atoms with Crippen molar-refractivity contribution in [1.29, 1.82) is 0 Å². The normalized spacial score (nSPS) is 12.7. The highest BCUT2D eigenvalue weighted by Crippen LogP contribution is 2.28. The average molecular weight is 303 g/mol. The van der Waals surface area contributed by atoms with Crippen LogP contribution in [0.5, 0.6) is 0 Å². The Hall–Kier alpha value is -2.21. The zero-order valence-corrected chi connectivity index (χ0v) is 12.8. The fourth-order valence-corrected chi connectivity index (χ4v) is 2.63. The minimum absolute atomic E-state index is 0.188. The molecule has 6 heteroatoms. The molecule has 0 fully saturated rings. The summed E-state index contributed by atoms with van der Waals surface area (Å²) in [7, 11) is 1.37. The number of carbonyl (C=O) groups is 1. The number of carbonyl (C=O) groups excluding carboxylic acids is 1. The number of nitrogens with zero attached hydrogens (tertiary/aromatic N) is 2. The van der Waals surface area contributed by atoms with E-state index in [-0.39, 0.29) is 12.4 Å². The van der Waals surface area contributed by atoms with E-state index >= 15 is 0 Å². The summed E-state index contributed by atoms with van der Waals surface area (Å²) in [4.78, 5) is 20.0. The highest BCUT2D eigenvalue weighted by Gasteiger charge is 2.09. The third kappa shape index (κ3) is 3.88. The van der Waals surface area contributed by atoms with Gasteiger partial charge >= 0.3 is 5.97 Å². The van der Waals surface area contributed by atoms with Gasteiger partial charge in [-0.25, -0.2) is 4.98 Å². The molecule has 0 unspecified atom stereocenters. The predicted octanol–water partition coefficient (Wildman–Crippen LogP) is 2.89. The molecule has 0 bridgehead atoms. The molecular formula is C15H17N3O2S. The average Bonchev–Trinajstić information content (AvgIpc) is 2.94. The smallest absolute Gasteiger partial charge is 0.309 e. The largest absolute Gasteiger partial charge is 0.469 e. The van der Waals surface area contributed by atoms with Gasteiger partial charge in [0.1, 0.15) is 5.01 Å². The monoisotopic (exact) mass is 303 g/mol. The lowest BCUT2D eigenvalue weighted by Crippen LogP contribution is -1.99. The molecule has 0 atom stereocenters. The standard InChI is InChI=1S/C15H17N3O2S/c1-3-11(16)8-10(4-5-14(19)20-2)15-18-12-6-7-17-9-13(12)21-15/h4,6-9H,3,5,16H2,1-2H3/b10-4+,11-8+. The maximum Gasteiger partial charge on any atom is 0.309 e. The van der Waals surface area contributed by atoms with Crippen LogP contribution in [0.2, 0.25) is 0 Å². The Balaban J connectivity index is 2.40. The van der Waals surface area contributed by atoms with Crippen molar-refractivity contribution in [3.63, 3.8) is 0 Å². The molecule has 0 aliphatic carbocycles. The number of methoxy groups -OCH3 is 1. The van der Waals surface area contributed by atoms with E-state index in [1.54, 1.807) is 18.5 Å². The minimum Gasteiger partial charge on any atom is -0.469 e. The first-order valence-corrected chi connectivity index (χ1v) is 7.39. The van der Waals surface area contributed by atoms with Crippen molar-refractivity contribution in [1.82, 2.24) is 9.97 Å². The lowest BCUT2D eigenvalue weighted by molar-refractivity contribution is -0.139. The van der Waals surface area contributed by atoms with Crippen molar-refractivity contribution in [2.75, 3.05) is 7.11 Å². The number of hydrogen-bond acceptors (Lipinski definition) is 6. The molecule has 0 radical (unpaired) electrons. The Morgan fingerprint density at radius 2 is 2.33 bits per heavy atom. The molecule has 0 aliphatic heterocycles. The van der Waals surface area contributed by atoms with Crippen molar-refractivity contribution in [3.05, 3.63) is 41.3 Å². The molecule has 5 nitrogen and oxygen atoms in total. The molecule has 0 aromatic carbocycles. The fourth-order valence-electron chi connectivity index (χ4n) is 1.69. The molecule has 2 aromatic rings. The third-order valence-electron chi connectivity index (χ3n) is 2.90. The van der Waals surface area contributed by atoms with Crippen LogP contribution in [0.15, 0.2) is 36.3 Å². The quantitative estimate of drug-likeness (QED) is 0.678. The van der Waals surface area contributed by atoms with Gasteiger partial charge < -0.3 is 10.5 Å². The molecule has 0 saturated heterocycles. The first-order valence-electron chi connectivity index (χ1n) is 6.58. The van der Waals surface area contributed by atoms with Crippen LogP contribution in [0.25, 0.3) is 15.8 Å². The molecular weight excluding hydrogens is 286 g/mol. The Morgan fingerprint density at radius 3 is 3.00 bits per heavy atom. The SMILES string of the molecule is CC/C(N)=C\C(=C/CC(=O)OC)c1nc2ccncc2s1. The van der Waals surface area contributed by atoms with E-state index in [4.69, 9.17) is 5.73 Å². The molecule has 0 spiro atoms. The maximum absolute atomic E-state index is 11.3. The molecule has 0 amide bonds. The predicted molar refractivity (Wildman–Crippen MR) is 84.6 cm³/mol. The first kappa shape index (κ1) is 15.2. The minimum atomic E-state index is -0.293. The third-order valence-corrected chi connectivity index (χ3v) is 3.96. The number of aromatic nitrogens is 2. The van der Waals surface area contributed by atoms with Crippen LogP contribution < -0.4 is 5.73 Å². The Bertz CT molecular complexity index is 671. The number of esters is 1. The maximum atomic E-state index is 11.3. The zero-order valence-electron chi connectivity index (χ0n) is 12.0. The number of thiazole rings is 1. The van der Waals surface area contributed by atoms with E-state index in [2.05, 4.69) is 14.7 Å². The van der Waals surface area contributed by atoms with E-state index in [1.807, 2.05) is 19.1 Å². The second-order valence-electron chi connectivity index (χ2n) is 4.37. The van der Waals surface area contributed by atoms with Crippen molar-refractivity contribution >= 4 is 33.1 Å². The summed E-state index contributed by atoms with van der Waals surface area (Å²) < 4.78 is 5.66. The van der Waals surface area contributed by atoms with Crippen LogP contribution in [0.1, 0.15) is 24.8 Å². The van der Waals surface area contributed by atoms with E-state index in [9.17, 15) is 4.79 Å². The zero-order chi connectivity index (χ0) is 15.2. The number of fused-ring (bicyclic) bond motifs is 1. The number of nitrogens with two attached hydrogens (primary N) is 1. The second-order valence-corrected chi connectivity index (χ2v) is 5.41. The van der Waals surface area contributed by atoms with E-state index in [0.29, 0.717) is 0 Å². The Morgan fingerprint density at radius 1 is 1.52 bits per heavy atom. The van der Waals surface area contributed by atoms with E-state index in [0.717, 1.165) is 32.9 Å². The molecule has 2 aromatic heterocycles. The molecule has 0 aliphatic rings. The van der Waals surface area contributed by atoms with Gasteiger partial charge in [0.25, 0.3) is 0 Å². The van der Waals surface area contributed by atoms with E-state index in [1.165, 1.54) is 18.4 Å². The molecule has 2 rings (SSSR count). The molecule has 2 heterocycles. The van der Waals surface area contributed by atoms with Gasteiger partial charge in [-0.1, -0.05) is 13.0 Å². The van der Waals surface area contributed by atoms with Gasteiger partial charge in [0, 0.05) is 23.7 Å². The van der Waals surface area contributed by atoms with Gasteiger partial charge in [0.2, 0.25) is 0 Å². The van der Waals surface area contributed by atoms with Gasteiger partial charge in [-0.3, -0.25) is 9.78 Å². The van der Waals surface area contributed by atoms with Gasteiger partial charge in [0.15, 0.2) is 0 Å². The second kappa shape index (κ2) is 6.99. The molecule has 21 heavy (non-hydrogen) atoms. The summed E-state index contributed by atoms with van der Waals surface area (Å²) in [5.74, 6) is -0.293. The summed E-state index contributed by atoms with van der Waals surface area (Å²) >= 11 is 1.52. The van der Waals surface area contributed by atoms with Crippen LogP contribution in [0.3, 0.4) is 0 Å².